The third-order valence-electron chi connectivity index (χ3n) is 3.38. The molecule has 2 aromatic heterocycles. The van der Waals surface area contributed by atoms with Gasteiger partial charge in [-0.05, 0) is 5.92 Å². The number of hydrogen-bond donors (Lipinski definition) is 1. The summed E-state index contributed by atoms with van der Waals surface area (Å²) in [5, 5.41) is 4.63. The number of anilines is 1. The Hall–Kier alpha value is -1.36. The van der Waals surface area contributed by atoms with E-state index in [-0.39, 0.29) is 5.95 Å². The van der Waals surface area contributed by atoms with E-state index in [2.05, 4.69) is 15.1 Å². The first kappa shape index (κ1) is 10.8. The molecular formula is C11H14ClN5. The Morgan fingerprint density at radius 2 is 2.18 bits per heavy atom. The zero-order valence-electron chi connectivity index (χ0n) is 9.43. The first-order chi connectivity index (χ1) is 8.24. The number of nitrogens with two attached hydrogens (primary N) is 1. The molecule has 1 fully saturated rings. The molecule has 0 saturated heterocycles. The Kier molecular flexibility index (Phi) is 2.63. The van der Waals surface area contributed by atoms with Gasteiger partial charge < -0.3 is 5.73 Å². The second kappa shape index (κ2) is 4.14. The molecule has 1 aliphatic carbocycles. The average molecular weight is 252 g/mol. The van der Waals surface area contributed by atoms with Crippen LogP contribution in [0, 0.1) is 5.92 Å². The molecule has 6 heteroatoms. The highest BCUT2D eigenvalue weighted by atomic mass is 35.5. The number of rotatable bonds is 2. The molecule has 0 unspecified atom stereocenters. The second-order valence-electron chi connectivity index (χ2n) is 4.59. The predicted molar refractivity (Wildman–Crippen MR) is 65.9 cm³/mol. The lowest BCUT2D eigenvalue weighted by molar-refractivity contribution is 0.524. The van der Waals surface area contributed by atoms with Crippen LogP contribution in [0.5, 0.6) is 0 Å². The van der Waals surface area contributed by atoms with Crippen LogP contribution in [-0.4, -0.2) is 19.6 Å². The maximum absolute atomic E-state index is 6.06. The van der Waals surface area contributed by atoms with Gasteiger partial charge in [-0.3, -0.25) is 0 Å². The Morgan fingerprint density at radius 1 is 1.41 bits per heavy atom. The minimum atomic E-state index is 0.249. The van der Waals surface area contributed by atoms with Gasteiger partial charge in [-0.25, -0.2) is 14.5 Å². The fraction of sp³-hybridized carbons (Fsp3) is 0.545. The molecule has 90 valence electrons. The molecule has 3 rings (SSSR count). The molecule has 0 aliphatic heterocycles. The van der Waals surface area contributed by atoms with Gasteiger partial charge in [0.2, 0.25) is 5.95 Å². The van der Waals surface area contributed by atoms with Gasteiger partial charge in [0.1, 0.15) is 11.3 Å². The Balaban J connectivity index is 2.00. The van der Waals surface area contributed by atoms with E-state index in [0.717, 1.165) is 17.8 Å². The van der Waals surface area contributed by atoms with Crippen molar-refractivity contribution in [2.45, 2.75) is 32.1 Å². The number of nitrogens with zero attached hydrogens (tertiary/aromatic N) is 4. The van der Waals surface area contributed by atoms with E-state index in [0.29, 0.717) is 11.1 Å². The van der Waals surface area contributed by atoms with Crippen molar-refractivity contribution >= 4 is 23.1 Å². The SMILES string of the molecule is Nc1ncc2c(Cl)nc(CC3CCCC3)n2n1. The van der Waals surface area contributed by atoms with Gasteiger partial charge in [-0.1, -0.05) is 37.3 Å². The number of imidazole rings is 1. The first-order valence-corrected chi connectivity index (χ1v) is 6.27. The monoisotopic (exact) mass is 251 g/mol. The zero-order chi connectivity index (χ0) is 11.8. The molecule has 2 aromatic rings. The first-order valence-electron chi connectivity index (χ1n) is 5.89. The van der Waals surface area contributed by atoms with Gasteiger partial charge in [0, 0.05) is 6.42 Å². The molecule has 0 radical (unpaired) electrons. The molecule has 2 heterocycles. The maximum Gasteiger partial charge on any atom is 0.238 e. The van der Waals surface area contributed by atoms with Crippen LogP contribution >= 0.6 is 11.6 Å². The molecule has 0 spiro atoms. The van der Waals surface area contributed by atoms with Crippen molar-refractivity contribution in [3.8, 4) is 0 Å². The van der Waals surface area contributed by atoms with Gasteiger partial charge in [0.25, 0.3) is 0 Å². The Morgan fingerprint density at radius 3 is 2.94 bits per heavy atom. The quantitative estimate of drug-likeness (QED) is 0.887. The van der Waals surface area contributed by atoms with Gasteiger partial charge in [-0.2, -0.15) is 0 Å². The van der Waals surface area contributed by atoms with E-state index in [1.807, 2.05) is 0 Å². The summed E-state index contributed by atoms with van der Waals surface area (Å²) >= 11 is 6.06. The summed E-state index contributed by atoms with van der Waals surface area (Å²) in [6.07, 6.45) is 7.72. The Bertz CT molecular complexity index is 544. The second-order valence-corrected chi connectivity index (χ2v) is 4.94. The smallest absolute Gasteiger partial charge is 0.238 e. The van der Waals surface area contributed by atoms with Crippen LogP contribution in [-0.2, 0) is 6.42 Å². The number of hydrogen-bond acceptors (Lipinski definition) is 4. The lowest BCUT2D eigenvalue weighted by Crippen LogP contribution is -2.07. The van der Waals surface area contributed by atoms with Crippen LogP contribution in [0.25, 0.3) is 5.52 Å². The van der Waals surface area contributed by atoms with Crippen LogP contribution in [0.15, 0.2) is 6.20 Å². The van der Waals surface area contributed by atoms with E-state index in [9.17, 15) is 0 Å². The van der Waals surface area contributed by atoms with Crippen molar-refractivity contribution in [1.29, 1.82) is 0 Å². The average Bonchev–Trinajstić information content (AvgIpc) is 2.89. The third-order valence-corrected chi connectivity index (χ3v) is 3.66. The van der Waals surface area contributed by atoms with E-state index in [1.165, 1.54) is 25.7 Å². The highest BCUT2D eigenvalue weighted by molar-refractivity contribution is 6.32. The van der Waals surface area contributed by atoms with Crippen LogP contribution in [0.2, 0.25) is 5.15 Å². The summed E-state index contributed by atoms with van der Waals surface area (Å²) in [5.41, 5.74) is 6.33. The van der Waals surface area contributed by atoms with Gasteiger partial charge >= 0.3 is 0 Å². The van der Waals surface area contributed by atoms with E-state index >= 15 is 0 Å². The van der Waals surface area contributed by atoms with E-state index in [4.69, 9.17) is 17.3 Å². The largest absolute Gasteiger partial charge is 0.367 e. The van der Waals surface area contributed by atoms with Crippen LogP contribution in [0.3, 0.4) is 0 Å². The van der Waals surface area contributed by atoms with E-state index in [1.54, 1.807) is 10.7 Å². The molecule has 17 heavy (non-hydrogen) atoms. The normalized spacial score (nSPS) is 17.0. The third kappa shape index (κ3) is 1.95. The van der Waals surface area contributed by atoms with Crippen LogP contribution in [0.1, 0.15) is 31.5 Å². The number of aromatic nitrogens is 4. The summed E-state index contributed by atoms with van der Waals surface area (Å²) in [5.74, 6) is 1.85. The molecule has 0 aromatic carbocycles. The number of nitrogen functional groups attached to an aromatic ring is 1. The van der Waals surface area contributed by atoms with Crippen molar-refractivity contribution < 1.29 is 0 Å². The van der Waals surface area contributed by atoms with Crippen molar-refractivity contribution in [3.05, 3.63) is 17.2 Å². The van der Waals surface area contributed by atoms with Gasteiger partial charge in [0.15, 0.2) is 5.15 Å². The minimum absolute atomic E-state index is 0.249. The predicted octanol–water partition coefficient (Wildman–Crippen LogP) is 2.09. The van der Waals surface area contributed by atoms with Gasteiger partial charge in [-0.15, -0.1) is 5.10 Å². The van der Waals surface area contributed by atoms with Crippen LogP contribution in [0.4, 0.5) is 5.95 Å². The topological polar surface area (TPSA) is 69.1 Å². The van der Waals surface area contributed by atoms with Crippen molar-refractivity contribution in [1.82, 2.24) is 19.6 Å². The highest BCUT2D eigenvalue weighted by Gasteiger charge is 2.19. The van der Waals surface area contributed by atoms with Gasteiger partial charge in [0.05, 0.1) is 6.20 Å². The standard InChI is InChI=1S/C11H14ClN5/c12-10-8-6-14-11(13)16-17(8)9(15-10)5-7-3-1-2-4-7/h6-7H,1-5H2,(H2,13,16). The summed E-state index contributed by atoms with van der Waals surface area (Å²) in [4.78, 5) is 8.30. The summed E-state index contributed by atoms with van der Waals surface area (Å²) in [6, 6.07) is 0. The maximum atomic E-state index is 6.06. The number of halogens is 1. The lowest BCUT2D eigenvalue weighted by Gasteiger charge is -2.06. The molecule has 1 aliphatic rings. The lowest BCUT2D eigenvalue weighted by atomic mass is 10.0. The molecular weight excluding hydrogens is 238 g/mol. The molecule has 0 atom stereocenters. The van der Waals surface area contributed by atoms with Crippen LogP contribution < -0.4 is 5.73 Å². The molecule has 5 nitrogen and oxygen atoms in total. The Labute approximate surface area is 104 Å². The van der Waals surface area contributed by atoms with Crippen molar-refractivity contribution in [2.75, 3.05) is 5.73 Å². The summed E-state index contributed by atoms with van der Waals surface area (Å²) < 4.78 is 1.73. The minimum Gasteiger partial charge on any atom is -0.367 e. The van der Waals surface area contributed by atoms with Crippen molar-refractivity contribution in [3.63, 3.8) is 0 Å². The molecule has 2 N–H and O–H groups in total. The molecule has 0 bridgehead atoms. The molecule has 1 saturated carbocycles. The summed E-state index contributed by atoms with van der Waals surface area (Å²) in [6.45, 7) is 0. The molecule has 0 amide bonds. The number of fused-ring (bicyclic) bond motifs is 1. The fourth-order valence-corrected chi connectivity index (χ4v) is 2.75. The summed E-state index contributed by atoms with van der Waals surface area (Å²) in [7, 11) is 0. The fourth-order valence-electron chi connectivity index (χ4n) is 2.52. The van der Waals surface area contributed by atoms with E-state index < -0.39 is 0 Å². The zero-order valence-corrected chi connectivity index (χ0v) is 10.2. The van der Waals surface area contributed by atoms with Crippen molar-refractivity contribution in [2.24, 2.45) is 5.92 Å². The highest BCUT2D eigenvalue weighted by Crippen LogP contribution is 2.28.